The minimum Gasteiger partial charge on any atom is -0.303 e. The van der Waals surface area contributed by atoms with Crippen LogP contribution in [0.4, 0.5) is 0 Å². The van der Waals surface area contributed by atoms with E-state index in [1.54, 1.807) is 6.20 Å². The smallest absolute Gasteiger partial charge is 0.123 e. The van der Waals surface area contributed by atoms with Gasteiger partial charge in [0.1, 0.15) is 6.29 Å². The minimum atomic E-state index is 0.207. The Bertz CT molecular complexity index is 283. The number of aryl methyl sites for hydroxylation is 2. The molecule has 0 saturated carbocycles. The molecule has 0 aromatic carbocycles. The van der Waals surface area contributed by atoms with E-state index in [1.807, 2.05) is 18.5 Å². The maximum absolute atomic E-state index is 10.6. The number of rotatable bonds is 6. The van der Waals surface area contributed by atoms with Crippen LogP contribution in [0.2, 0.25) is 0 Å². The Morgan fingerprint density at radius 3 is 2.93 bits per heavy atom. The number of aromatic nitrogens is 3. The van der Waals surface area contributed by atoms with Gasteiger partial charge in [-0.05, 0) is 26.2 Å². The lowest BCUT2D eigenvalue weighted by Crippen LogP contribution is -2.06. The largest absolute Gasteiger partial charge is 0.303 e. The summed E-state index contributed by atoms with van der Waals surface area (Å²) in [5.41, 5.74) is 1.07. The number of aldehydes is 1. The van der Waals surface area contributed by atoms with Crippen molar-refractivity contribution < 1.29 is 4.79 Å². The molecule has 0 saturated heterocycles. The lowest BCUT2D eigenvalue weighted by molar-refractivity contribution is -0.111. The summed E-state index contributed by atoms with van der Waals surface area (Å²) >= 11 is 0. The van der Waals surface area contributed by atoms with Crippen LogP contribution in [0.3, 0.4) is 0 Å². The Morgan fingerprint density at radius 2 is 2.43 bits per heavy atom. The SMILES string of the molecule is CCC(C=O)CCCn1nncc1C. The van der Waals surface area contributed by atoms with E-state index in [0.29, 0.717) is 0 Å². The van der Waals surface area contributed by atoms with Crippen LogP contribution in [-0.2, 0) is 11.3 Å². The predicted molar refractivity (Wildman–Crippen MR) is 53.8 cm³/mol. The van der Waals surface area contributed by atoms with Gasteiger partial charge in [-0.1, -0.05) is 12.1 Å². The fourth-order valence-corrected chi connectivity index (χ4v) is 1.40. The maximum atomic E-state index is 10.6. The van der Waals surface area contributed by atoms with Gasteiger partial charge in [-0.25, -0.2) is 4.68 Å². The first-order valence-electron chi connectivity index (χ1n) is 5.08. The molecule has 14 heavy (non-hydrogen) atoms. The molecule has 0 radical (unpaired) electrons. The van der Waals surface area contributed by atoms with E-state index < -0.39 is 0 Å². The van der Waals surface area contributed by atoms with Gasteiger partial charge in [0.25, 0.3) is 0 Å². The van der Waals surface area contributed by atoms with E-state index in [4.69, 9.17) is 0 Å². The molecule has 0 bridgehead atoms. The van der Waals surface area contributed by atoms with Crippen molar-refractivity contribution in [3.8, 4) is 0 Å². The lowest BCUT2D eigenvalue weighted by atomic mass is 10.0. The molecule has 4 nitrogen and oxygen atoms in total. The van der Waals surface area contributed by atoms with Gasteiger partial charge in [-0.2, -0.15) is 0 Å². The zero-order valence-electron chi connectivity index (χ0n) is 8.81. The molecule has 1 rings (SSSR count). The number of carbonyl (C=O) groups excluding carboxylic acids is 1. The van der Waals surface area contributed by atoms with Gasteiger partial charge in [0.15, 0.2) is 0 Å². The summed E-state index contributed by atoms with van der Waals surface area (Å²) in [6, 6.07) is 0. The van der Waals surface area contributed by atoms with Crippen molar-refractivity contribution in [3.63, 3.8) is 0 Å². The van der Waals surface area contributed by atoms with E-state index in [1.165, 1.54) is 0 Å². The monoisotopic (exact) mass is 195 g/mol. The van der Waals surface area contributed by atoms with Crippen LogP contribution in [0.5, 0.6) is 0 Å². The molecular formula is C10H17N3O. The van der Waals surface area contributed by atoms with Gasteiger partial charge in [-0.3, -0.25) is 0 Å². The summed E-state index contributed by atoms with van der Waals surface area (Å²) < 4.78 is 1.87. The average Bonchev–Trinajstić information content (AvgIpc) is 2.59. The summed E-state index contributed by atoms with van der Waals surface area (Å²) in [7, 11) is 0. The molecule has 4 heteroatoms. The van der Waals surface area contributed by atoms with Gasteiger partial charge < -0.3 is 4.79 Å². The quantitative estimate of drug-likeness (QED) is 0.648. The molecule has 0 N–H and O–H groups in total. The van der Waals surface area contributed by atoms with E-state index in [0.717, 1.165) is 37.8 Å². The highest BCUT2D eigenvalue weighted by atomic mass is 16.1. The summed E-state index contributed by atoms with van der Waals surface area (Å²) in [6.07, 6.45) is 5.66. The number of carbonyl (C=O) groups is 1. The minimum absolute atomic E-state index is 0.207. The van der Waals surface area contributed by atoms with Crippen molar-refractivity contribution >= 4 is 6.29 Å². The molecule has 0 aliphatic rings. The molecule has 1 heterocycles. The summed E-state index contributed by atoms with van der Waals surface area (Å²) in [5.74, 6) is 0.207. The highest BCUT2D eigenvalue weighted by Crippen LogP contribution is 2.08. The van der Waals surface area contributed by atoms with Gasteiger partial charge in [0.05, 0.1) is 11.9 Å². The average molecular weight is 195 g/mol. The zero-order chi connectivity index (χ0) is 10.4. The number of nitrogens with zero attached hydrogens (tertiary/aromatic N) is 3. The molecule has 0 aliphatic heterocycles. The van der Waals surface area contributed by atoms with Crippen molar-refractivity contribution in [2.45, 2.75) is 39.7 Å². The van der Waals surface area contributed by atoms with Crippen molar-refractivity contribution in [1.29, 1.82) is 0 Å². The Kier molecular flexibility index (Phi) is 4.29. The molecule has 0 fully saturated rings. The normalized spacial score (nSPS) is 12.7. The Hall–Kier alpha value is -1.19. The standard InChI is InChI=1S/C10H17N3O/c1-3-10(8-14)5-4-6-13-9(2)7-11-12-13/h7-8,10H,3-6H2,1-2H3. The van der Waals surface area contributed by atoms with Crippen LogP contribution in [0.25, 0.3) is 0 Å². The second-order valence-electron chi connectivity index (χ2n) is 3.55. The third kappa shape index (κ3) is 2.94. The summed E-state index contributed by atoms with van der Waals surface area (Å²) in [5, 5.41) is 7.75. The van der Waals surface area contributed by atoms with Crippen LogP contribution >= 0.6 is 0 Å². The van der Waals surface area contributed by atoms with E-state index in [2.05, 4.69) is 10.3 Å². The summed E-state index contributed by atoms with van der Waals surface area (Å²) in [4.78, 5) is 10.6. The van der Waals surface area contributed by atoms with E-state index in [9.17, 15) is 4.79 Å². The Morgan fingerprint density at radius 1 is 1.64 bits per heavy atom. The van der Waals surface area contributed by atoms with Crippen molar-refractivity contribution in [1.82, 2.24) is 15.0 Å². The first-order chi connectivity index (χ1) is 6.77. The highest BCUT2D eigenvalue weighted by Gasteiger charge is 2.04. The van der Waals surface area contributed by atoms with E-state index in [-0.39, 0.29) is 5.92 Å². The van der Waals surface area contributed by atoms with Crippen molar-refractivity contribution in [2.75, 3.05) is 0 Å². The molecule has 1 aromatic heterocycles. The zero-order valence-corrected chi connectivity index (χ0v) is 8.81. The maximum Gasteiger partial charge on any atom is 0.123 e. The Labute approximate surface area is 84.3 Å². The second kappa shape index (κ2) is 5.52. The second-order valence-corrected chi connectivity index (χ2v) is 3.55. The molecule has 1 aromatic rings. The van der Waals surface area contributed by atoms with E-state index >= 15 is 0 Å². The lowest BCUT2D eigenvalue weighted by Gasteiger charge is -2.07. The third-order valence-electron chi connectivity index (χ3n) is 2.47. The predicted octanol–water partition coefficient (Wildman–Crippen LogP) is 1.59. The topological polar surface area (TPSA) is 47.8 Å². The number of hydrogen-bond donors (Lipinski definition) is 0. The molecule has 1 atom stereocenters. The van der Waals surface area contributed by atoms with Crippen molar-refractivity contribution in [3.05, 3.63) is 11.9 Å². The fraction of sp³-hybridized carbons (Fsp3) is 0.700. The fourth-order valence-electron chi connectivity index (χ4n) is 1.40. The summed E-state index contributed by atoms with van der Waals surface area (Å²) in [6.45, 7) is 4.88. The first-order valence-corrected chi connectivity index (χ1v) is 5.08. The van der Waals surface area contributed by atoms with Crippen molar-refractivity contribution in [2.24, 2.45) is 5.92 Å². The first kappa shape index (κ1) is 10.9. The van der Waals surface area contributed by atoms with Crippen LogP contribution in [0.15, 0.2) is 6.20 Å². The number of hydrogen-bond acceptors (Lipinski definition) is 3. The van der Waals surface area contributed by atoms with Gasteiger partial charge in [0.2, 0.25) is 0 Å². The molecule has 78 valence electrons. The Balaban J connectivity index is 2.28. The van der Waals surface area contributed by atoms with Gasteiger partial charge >= 0.3 is 0 Å². The molecule has 0 aliphatic carbocycles. The van der Waals surface area contributed by atoms with Gasteiger partial charge in [0, 0.05) is 12.5 Å². The molecule has 0 spiro atoms. The highest BCUT2D eigenvalue weighted by molar-refractivity contribution is 5.53. The molecule has 0 amide bonds. The van der Waals surface area contributed by atoms with Gasteiger partial charge in [-0.15, -0.1) is 5.10 Å². The van der Waals surface area contributed by atoms with Crippen LogP contribution < -0.4 is 0 Å². The molecular weight excluding hydrogens is 178 g/mol. The van der Waals surface area contributed by atoms with Crippen LogP contribution in [0, 0.1) is 12.8 Å². The van der Waals surface area contributed by atoms with Crippen LogP contribution in [0.1, 0.15) is 31.9 Å². The third-order valence-corrected chi connectivity index (χ3v) is 2.47. The van der Waals surface area contributed by atoms with Crippen LogP contribution in [-0.4, -0.2) is 21.3 Å². The molecule has 1 unspecified atom stereocenters.